The second kappa shape index (κ2) is 6.54. The first-order valence-electron chi connectivity index (χ1n) is 7.70. The van der Waals surface area contributed by atoms with Crippen molar-refractivity contribution >= 4 is 43.0 Å². The van der Waals surface area contributed by atoms with Gasteiger partial charge < -0.3 is 4.52 Å². The van der Waals surface area contributed by atoms with Crippen molar-refractivity contribution in [1.82, 2.24) is 10.1 Å². The molecule has 1 N–H and O–H groups in total. The van der Waals surface area contributed by atoms with E-state index in [1.807, 2.05) is 12.1 Å². The van der Waals surface area contributed by atoms with Gasteiger partial charge in [-0.2, -0.15) is 4.98 Å². The first kappa shape index (κ1) is 16.7. The average molecular weight is 440 g/mol. The van der Waals surface area contributed by atoms with Crippen LogP contribution in [-0.4, -0.2) is 18.6 Å². The van der Waals surface area contributed by atoms with Gasteiger partial charge in [-0.1, -0.05) is 23.4 Å². The van der Waals surface area contributed by atoms with Crippen molar-refractivity contribution in [2.45, 2.75) is 29.4 Å². The molecule has 0 bridgehead atoms. The topological polar surface area (TPSA) is 85.1 Å². The summed E-state index contributed by atoms with van der Waals surface area (Å²) in [7, 11) is -3.63. The van der Waals surface area contributed by atoms with Gasteiger partial charge in [0.15, 0.2) is 5.82 Å². The van der Waals surface area contributed by atoms with Crippen LogP contribution in [0.25, 0.3) is 0 Å². The van der Waals surface area contributed by atoms with Crippen molar-refractivity contribution in [2.24, 2.45) is 0 Å². The Morgan fingerprint density at radius 3 is 2.76 bits per heavy atom. The minimum Gasteiger partial charge on any atom is -0.339 e. The molecule has 25 heavy (non-hydrogen) atoms. The molecule has 1 fully saturated rings. The summed E-state index contributed by atoms with van der Waals surface area (Å²) >= 11 is 4.45. The number of hydrogen-bond acceptors (Lipinski definition) is 6. The average Bonchev–Trinajstić information content (AvgIpc) is 3.16. The Balaban J connectivity index is 1.58. The quantitative estimate of drug-likeness (QED) is 0.622. The number of thiophene rings is 1. The number of nitrogens with one attached hydrogen (secondary N) is 1. The molecule has 1 aromatic carbocycles. The number of rotatable bonds is 6. The third-order valence-corrected chi connectivity index (χ3v) is 7.32. The molecule has 0 saturated heterocycles. The van der Waals surface area contributed by atoms with E-state index in [4.69, 9.17) is 4.52 Å². The van der Waals surface area contributed by atoms with Crippen LogP contribution in [0.15, 0.2) is 48.9 Å². The first-order valence-corrected chi connectivity index (χ1v) is 10.8. The van der Waals surface area contributed by atoms with Gasteiger partial charge in [0.1, 0.15) is 4.21 Å². The van der Waals surface area contributed by atoms with Gasteiger partial charge in [-0.3, -0.25) is 4.72 Å². The molecule has 0 spiro atoms. The predicted octanol–water partition coefficient (Wildman–Crippen LogP) is 4.16. The van der Waals surface area contributed by atoms with Crippen LogP contribution in [0.1, 0.15) is 36.0 Å². The summed E-state index contributed by atoms with van der Waals surface area (Å²) in [6.07, 6.45) is 2.59. The number of anilines is 1. The Bertz CT molecular complexity index is 1010. The van der Waals surface area contributed by atoms with Gasteiger partial charge in [0.25, 0.3) is 10.0 Å². The van der Waals surface area contributed by atoms with Crippen molar-refractivity contribution in [3.8, 4) is 0 Å². The highest BCUT2D eigenvalue weighted by atomic mass is 79.9. The molecule has 6 nitrogen and oxygen atoms in total. The fraction of sp³-hybridized carbons (Fsp3) is 0.250. The fourth-order valence-electron chi connectivity index (χ4n) is 2.42. The predicted molar refractivity (Wildman–Crippen MR) is 98.3 cm³/mol. The number of hydrogen-bond donors (Lipinski definition) is 1. The Labute approximate surface area is 157 Å². The van der Waals surface area contributed by atoms with Gasteiger partial charge in [-0.15, -0.1) is 11.3 Å². The molecule has 1 aliphatic rings. The molecule has 0 amide bonds. The Morgan fingerprint density at radius 1 is 1.24 bits per heavy atom. The summed E-state index contributed by atoms with van der Waals surface area (Å²) < 4.78 is 34.1. The van der Waals surface area contributed by atoms with Crippen LogP contribution in [0.3, 0.4) is 0 Å². The molecule has 9 heteroatoms. The van der Waals surface area contributed by atoms with E-state index in [0.29, 0.717) is 23.9 Å². The van der Waals surface area contributed by atoms with Gasteiger partial charge in [-0.25, -0.2) is 8.42 Å². The van der Waals surface area contributed by atoms with Crippen LogP contribution in [-0.2, 0) is 16.4 Å². The van der Waals surface area contributed by atoms with Gasteiger partial charge in [0.05, 0.1) is 15.9 Å². The third kappa shape index (κ3) is 3.78. The van der Waals surface area contributed by atoms with Crippen LogP contribution in [0, 0.1) is 0 Å². The van der Waals surface area contributed by atoms with E-state index in [1.165, 1.54) is 0 Å². The SMILES string of the molecule is O=S(=O)(Nc1ccccc1Cc1nc(C2CC2)no1)c1ccc(Br)s1. The summed E-state index contributed by atoms with van der Waals surface area (Å²) in [5, 5.41) is 4.00. The van der Waals surface area contributed by atoms with E-state index < -0.39 is 10.0 Å². The molecule has 0 unspecified atom stereocenters. The highest BCUT2D eigenvalue weighted by molar-refractivity contribution is 9.11. The van der Waals surface area contributed by atoms with Crippen molar-refractivity contribution in [1.29, 1.82) is 0 Å². The zero-order chi connectivity index (χ0) is 17.4. The Hall–Kier alpha value is -1.71. The lowest BCUT2D eigenvalue weighted by Gasteiger charge is -2.10. The molecule has 1 aliphatic carbocycles. The largest absolute Gasteiger partial charge is 0.339 e. The molecule has 1 saturated carbocycles. The highest BCUT2D eigenvalue weighted by Gasteiger charge is 2.29. The highest BCUT2D eigenvalue weighted by Crippen LogP contribution is 2.38. The minimum atomic E-state index is -3.63. The fourth-order valence-corrected chi connectivity index (χ4v) is 5.53. The summed E-state index contributed by atoms with van der Waals surface area (Å²) in [6.45, 7) is 0. The Morgan fingerprint density at radius 2 is 2.04 bits per heavy atom. The number of nitrogens with zero attached hydrogens (tertiary/aromatic N) is 2. The number of aromatic nitrogens is 2. The third-order valence-electron chi connectivity index (χ3n) is 3.84. The van der Waals surface area contributed by atoms with Crippen molar-refractivity contribution in [3.05, 3.63) is 57.5 Å². The molecule has 3 aromatic rings. The lowest BCUT2D eigenvalue weighted by atomic mass is 10.1. The first-order chi connectivity index (χ1) is 12.0. The number of sulfonamides is 1. The lowest BCUT2D eigenvalue weighted by molar-refractivity contribution is 0.379. The van der Waals surface area contributed by atoms with E-state index in [2.05, 4.69) is 30.8 Å². The summed E-state index contributed by atoms with van der Waals surface area (Å²) in [5.41, 5.74) is 1.30. The van der Waals surface area contributed by atoms with Gasteiger partial charge >= 0.3 is 0 Å². The second-order valence-corrected chi connectivity index (χ2v) is 10.2. The maximum atomic E-state index is 12.5. The van der Waals surface area contributed by atoms with Crippen molar-refractivity contribution in [2.75, 3.05) is 4.72 Å². The molecule has 2 aromatic heterocycles. The number of para-hydroxylation sites is 1. The zero-order valence-electron chi connectivity index (χ0n) is 13.0. The molecular formula is C16H14BrN3O3S2. The number of benzene rings is 1. The number of halogens is 1. The molecule has 2 heterocycles. The normalized spacial score (nSPS) is 14.6. The van der Waals surface area contributed by atoms with Crippen LogP contribution in [0.4, 0.5) is 5.69 Å². The Kier molecular flexibility index (Phi) is 4.38. The summed E-state index contributed by atoms with van der Waals surface area (Å²) in [6, 6.07) is 10.5. The molecule has 130 valence electrons. The van der Waals surface area contributed by atoms with E-state index in [1.54, 1.807) is 24.3 Å². The van der Waals surface area contributed by atoms with Crippen molar-refractivity contribution in [3.63, 3.8) is 0 Å². The molecule has 0 aliphatic heterocycles. The maximum Gasteiger partial charge on any atom is 0.271 e. The van der Waals surface area contributed by atoms with Gasteiger partial charge in [0.2, 0.25) is 5.89 Å². The summed E-state index contributed by atoms with van der Waals surface area (Å²) in [5.74, 6) is 1.66. The zero-order valence-corrected chi connectivity index (χ0v) is 16.2. The van der Waals surface area contributed by atoms with E-state index in [-0.39, 0.29) is 4.21 Å². The van der Waals surface area contributed by atoms with Crippen LogP contribution < -0.4 is 4.72 Å². The van der Waals surface area contributed by atoms with Crippen LogP contribution >= 0.6 is 27.3 Å². The molecule has 0 radical (unpaired) electrons. The summed E-state index contributed by atoms with van der Waals surface area (Å²) in [4.78, 5) is 4.41. The van der Waals surface area contributed by atoms with Crippen LogP contribution in [0.5, 0.6) is 0 Å². The van der Waals surface area contributed by atoms with E-state index >= 15 is 0 Å². The van der Waals surface area contributed by atoms with Crippen molar-refractivity contribution < 1.29 is 12.9 Å². The molecular weight excluding hydrogens is 426 g/mol. The standard InChI is InChI=1S/C16H14BrN3O3S2/c17-13-7-8-15(24-13)25(21,22)20-12-4-2-1-3-11(12)9-14-18-16(19-23-14)10-5-6-10/h1-4,7-8,10,20H,5-6,9H2. The van der Waals surface area contributed by atoms with E-state index in [9.17, 15) is 8.42 Å². The van der Waals surface area contributed by atoms with E-state index in [0.717, 1.165) is 39.4 Å². The smallest absolute Gasteiger partial charge is 0.271 e. The molecule has 0 atom stereocenters. The molecule has 4 rings (SSSR count). The van der Waals surface area contributed by atoms with Crippen LogP contribution in [0.2, 0.25) is 0 Å². The van der Waals surface area contributed by atoms with Gasteiger partial charge in [-0.05, 0) is 52.5 Å². The maximum absolute atomic E-state index is 12.5. The minimum absolute atomic E-state index is 0.253. The van der Waals surface area contributed by atoms with Gasteiger partial charge in [0, 0.05) is 5.92 Å². The monoisotopic (exact) mass is 439 g/mol. The second-order valence-electron chi connectivity index (χ2n) is 5.82. The lowest BCUT2D eigenvalue weighted by Crippen LogP contribution is -2.13.